The predicted molar refractivity (Wildman–Crippen MR) is 74.7 cm³/mol. The van der Waals surface area contributed by atoms with Crippen molar-refractivity contribution in [1.29, 1.82) is 5.26 Å². The second kappa shape index (κ2) is 5.55. The lowest BCUT2D eigenvalue weighted by Crippen LogP contribution is -2.12. The fourth-order valence-corrected chi connectivity index (χ4v) is 2.47. The summed E-state index contributed by atoms with van der Waals surface area (Å²) < 4.78 is 5.17. The first kappa shape index (κ1) is 13.1. The van der Waals surface area contributed by atoms with Gasteiger partial charge in [0, 0.05) is 6.07 Å². The van der Waals surface area contributed by atoms with Gasteiger partial charge in [0.15, 0.2) is 0 Å². The molecule has 0 bridgehead atoms. The zero-order valence-electron chi connectivity index (χ0n) is 10.6. The van der Waals surface area contributed by atoms with Crippen molar-refractivity contribution in [3.63, 3.8) is 0 Å². The van der Waals surface area contributed by atoms with Crippen LogP contribution in [-0.2, 0) is 0 Å². The summed E-state index contributed by atoms with van der Waals surface area (Å²) in [4.78, 5) is 12.8. The van der Waals surface area contributed by atoms with Gasteiger partial charge in [-0.05, 0) is 36.1 Å². The van der Waals surface area contributed by atoms with Gasteiger partial charge >= 0.3 is 0 Å². The Bertz CT molecular complexity index is 656. The summed E-state index contributed by atoms with van der Waals surface area (Å²) in [5, 5.41) is 13.5. The third kappa shape index (κ3) is 2.75. The summed E-state index contributed by atoms with van der Waals surface area (Å²) in [6, 6.07) is 8.82. The number of amides is 1. The van der Waals surface area contributed by atoms with E-state index in [0.717, 1.165) is 5.56 Å². The first-order valence-corrected chi connectivity index (χ1v) is 6.47. The van der Waals surface area contributed by atoms with E-state index < -0.39 is 0 Å². The Kier molecular flexibility index (Phi) is 3.83. The molecule has 4 nitrogen and oxygen atoms in total. The van der Waals surface area contributed by atoms with Gasteiger partial charge in [-0.15, -0.1) is 11.3 Å². The van der Waals surface area contributed by atoms with Crippen molar-refractivity contribution >= 4 is 22.9 Å². The smallest absolute Gasteiger partial charge is 0.266 e. The van der Waals surface area contributed by atoms with Crippen LogP contribution >= 0.6 is 11.3 Å². The summed E-state index contributed by atoms with van der Waals surface area (Å²) in [6.07, 6.45) is 0. The van der Waals surface area contributed by atoms with Crippen molar-refractivity contribution in [2.45, 2.75) is 6.92 Å². The normalized spacial score (nSPS) is 9.74. The number of hydrogen-bond acceptors (Lipinski definition) is 4. The van der Waals surface area contributed by atoms with E-state index in [2.05, 4.69) is 5.32 Å². The van der Waals surface area contributed by atoms with Crippen LogP contribution in [0.4, 0.5) is 5.69 Å². The average molecular weight is 272 g/mol. The number of hydrogen-bond donors (Lipinski definition) is 1. The van der Waals surface area contributed by atoms with E-state index in [9.17, 15) is 4.79 Å². The number of carbonyl (C=O) groups is 1. The molecule has 1 aromatic heterocycles. The van der Waals surface area contributed by atoms with Crippen LogP contribution in [-0.4, -0.2) is 13.0 Å². The largest absolute Gasteiger partial charge is 0.495 e. The van der Waals surface area contributed by atoms with Gasteiger partial charge in [0.25, 0.3) is 5.91 Å². The topological polar surface area (TPSA) is 62.1 Å². The molecule has 1 N–H and O–H groups in total. The van der Waals surface area contributed by atoms with Crippen LogP contribution in [0.25, 0.3) is 0 Å². The molecule has 1 heterocycles. The van der Waals surface area contributed by atoms with Gasteiger partial charge in [0.2, 0.25) is 0 Å². The molecule has 0 spiro atoms. The zero-order chi connectivity index (χ0) is 13.8. The zero-order valence-corrected chi connectivity index (χ0v) is 11.4. The summed E-state index contributed by atoms with van der Waals surface area (Å²) in [5.74, 6) is 0.303. The minimum absolute atomic E-state index is 0.171. The third-order valence-electron chi connectivity index (χ3n) is 2.65. The molecule has 0 unspecified atom stereocenters. The number of nitrogens with one attached hydrogen (secondary N) is 1. The number of benzene rings is 1. The van der Waals surface area contributed by atoms with Crippen LogP contribution in [0.5, 0.6) is 5.75 Å². The first-order valence-electron chi connectivity index (χ1n) is 5.59. The van der Waals surface area contributed by atoms with Crippen molar-refractivity contribution in [2.75, 3.05) is 12.4 Å². The van der Waals surface area contributed by atoms with E-state index in [4.69, 9.17) is 10.00 Å². The molecule has 0 aliphatic rings. The highest BCUT2D eigenvalue weighted by Gasteiger charge is 2.13. The molecule has 0 saturated carbocycles. The minimum atomic E-state index is -0.171. The molecule has 0 aliphatic carbocycles. The van der Waals surface area contributed by atoms with Gasteiger partial charge in [-0.2, -0.15) is 5.26 Å². The minimum Gasteiger partial charge on any atom is -0.495 e. The van der Waals surface area contributed by atoms with E-state index in [0.29, 0.717) is 21.9 Å². The summed E-state index contributed by atoms with van der Waals surface area (Å²) in [5.41, 5.74) is 1.98. The van der Waals surface area contributed by atoms with Crippen LogP contribution in [0.3, 0.4) is 0 Å². The van der Waals surface area contributed by atoms with E-state index in [1.807, 2.05) is 24.4 Å². The maximum absolute atomic E-state index is 12.1. The molecule has 1 aromatic carbocycles. The standard InChI is InChI=1S/C14H12N2O2S/c1-9-5-6-19-13(9)14(17)16-11-4-3-10(8-15)7-12(11)18-2/h3-7H,1-2H3,(H,16,17). The van der Waals surface area contributed by atoms with Crippen molar-refractivity contribution in [3.8, 4) is 11.8 Å². The van der Waals surface area contributed by atoms with Gasteiger partial charge in [-0.3, -0.25) is 4.79 Å². The average Bonchev–Trinajstić information content (AvgIpc) is 2.85. The van der Waals surface area contributed by atoms with Gasteiger partial charge < -0.3 is 10.1 Å². The molecule has 2 aromatic rings. The molecule has 0 radical (unpaired) electrons. The number of nitrogens with zero attached hydrogens (tertiary/aromatic N) is 1. The van der Waals surface area contributed by atoms with Crippen LogP contribution < -0.4 is 10.1 Å². The Morgan fingerprint density at radius 1 is 1.42 bits per heavy atom. The number of ether oxygens (including phenoxy) is 1. The molecule has 19 heavy (non-hydrogen) atoms. The summed E-state index contributed by atoms with van der Waals surface area (Å²) in [7, 11) is 1.50. The molecular weight excluding hydrogens is 260 g/mol. The molecule has 2 rings (SSSR count). The quantitative estimate of drug-likeness (QED) is 0.933. The van der Waals surface area contributed by atoms with Crippen LogP contribution in [0, 0.1) is 18.3 Å². The monoisotopic (exact) mass is 272 g/mol. The van der Waals surface area contributed by atoms with E-state index >= 15 is 0 Å². The molecular formula is C14H12N2O2S. The Hall–Kier alpha value is -2.32. The van der Waals surface area contributed by atoms with Crippen LogP contribution in [0.1, 0.15) is 20.8 Å². The summed E-state index contributed by atoms with van der Waals surface area (Å²) in [6.45, 7) is 1.89. The molecule has 0 saturated heterocycles. The molecule has 0 fully saturated rings. The number of rotatable bonds is 3. The maximum atomic E-state index is 12.1. The van der Waals surface area contributed by atoms with E-state index in [1.165, 1.54) is 18.4 Å². The number of carbonyl (C=O) groups excluding carboxylic acids is 1. The first-order chi connectivity index (χ1) is 9.15. The lowest BCUT2D eigenvalue weighted by Gasteiger charge is -2.10. The van der Waals surface area contributed by atoms with Crippen LogP contribution in [0.2, 0.25) is 0 Å². The van der Waals surface area contributed by atoms with Crippen molar-refractivity contribution in [2.24, 2.45) is 0 Å². The highest BCUT2D eigenvalue weighted by molar-refractivity contribution is 7.12. The second-order valence-electron chi connectivity index (χ2n) is 3.91. The Balaban J connectivity index is 2.27. The van der Waals surface area contributed by atoms with Crippen molar-refractivity contribution < 1.29 is 9.53 Å². The molecule has 0 atom stereocenters. The van der Waals surface area contributed by atoms with Crippen molar-refractivity contribution in [3.05, 3.63) is 45.6 Å². The fraction of sp³-hybridized carbons (Fsp3) is 0.143. The lowest BCUT2D eigenvalue weighted by atomic mass is 10.2. The molecule has 0 aliphatic heterocycles. The number of aryl methyl sites for hydroxylation is 1. The van der Waals surface area contributed by atoms with Crippen LogP contribution in [0.15, 0.2) is 29.6 Å². The van der Waals surface area contributed by atoms with Crippen molar-refractivity contribution in [1.82, 2.24) is 0 Å². The lowest BCUT2D eigenvalue weighted by molar-refractivity contribution is 0.102. The van der Waals surface area contributed by atoms with Gasteiger partial charge in [0.1, 0.15) is 5.75 Å². The number of thiophene rings is 1. The Morgan fingerprint density at radius 2 is 2.21 bits per heavy atom. The summed E-state index contributed by atoms with van der Waals surface area (Å²) >= 11 is 1.39. The van der Waals surface area contributed by atoms with E-state index in [1.54, 1.807) is 18.2 Å². The number of methoxy groups -OCH3 is 1. The third-order valence-corrected chi connectivity index (χ3v) is 3.66. The Labute approximate surface area is 115 Å². The fourth-order valence-electron chi connectivity index (χ4n) is 1.65. The molecule has 96 valence electrons. The van der Waals surface area contributed by atoms with E-state index in [-0.39, 0.29) is 5.91 Å². The molecule has 1 amide bonds. The predicted octanol–water partition coefficient (Wildman–Crippen LogP) is 3.19. The maximum Gasteiger partial charge on any atom is 0.266 e. The Morgan fingerprint density at radius 3 is 2.79 bits per heavy atom. The number of anilines is 1. The van der Waals surface area contributed by atoms with Gasteiger partial charge in [-0.25, -0.2) is 0 Å². The van der Waals surface area contributed by atoms with Gasteiger partial charge in [0.05, 0.1) is 29.3 Å². The highest BCUT2D eigenvalue weighted by atomic mass is 32.1. The number of nitriles is 1. The molecule has 5 heteroatoms. The second-order valence-corrected chi connectivity index (χ2v) is 4.83. The SMILES string of the molecule is COc1cc(C#N)ccc1NC(=O)c1sccc1C. The highest BCUT2D eigenvalue weighted by Crippen LogP contribution is 2.27. The van der Waals surface area contributed by atoms with Gasteiger partial charge in [-0.1, -0.05) is 0 Å².